The molecule has 8 heteroatoms. The van der Waals surface area contributed by atoms with Crippen molar-refractivity contribution in [3.05, 3.63) is 76.5 Å². The first-order valence-electron chi connectivity index (χ1n) is 12.2. The SMILES string of the molecule is CCc1ccc(-c2cc(C(=O)Nc3cccc(C)c3C)c3c(C)nn(C4CCS(=O)(=O)C4)c3n2)cc1. The number of aryl methyl sites for hydroxylation is 3. The van der Waals surface area contributed by atoms with E-state index in [-0.39, 0.29) is 23.5 Å². The highest BCUT2D eigenvalue weighted by Gasteiger charge is 2.32. The zero-order valence-corrected chi connectivity index (χ0v) is 21.8. The van der Waals surface area contributed by atoms with Crippen LogP contribution >= 0.6 is 0 Å². The molecule has 2 aromatic heterocycles. The summed E-state index contributed by atoms with van der Waals surface area (Å²) in [7, 11) is -3.12. The Labute approximate surface area is 211 Å². The number of sulfone groups is 1. The summed E-state index contributed by atoms with van der Waals surface area (Å²) in [5, 5.41) is 8.42. The van der Waals surface area contributed by atoms with Gasteiger partial charge in [-0.2, -0.15) is 5.10 Å². The number of nitrogens with zero attached hydrogens (tertiary/aromatic N) is 3. The van der Waals surface area contributed by atoms with Gasteiger partial charge < -0.3 is 5.32 Å². The molecule has 1 N–H and O–H groups in total. The van der Waals surface area contributed by atoms with Crippen LogP contribution in [0.3, 0.4) is 0 Å². The third kappa shape index (κ3) is 4.41. The molecule has 0 spiro atoms. The summed E-state index contributed by atoms with van der Waals surface area (Å²) >= 11 is 0. The number of anilines is 1. The summed E-state index contributed by atoms with van der Waals surface area (Å²) in [5.41, 5.74) is 7.28. The normalized spacial score (nSPS) is 16.9. The number of carbonyl (C=O) groups excluding carboxylic acids is 1. The van der Waals surface area contributed by atoms with Gasteiger partial charge in [0.2, 0.25) is 0 Å². The number of fused-ring (bicyclic) bond motifs is 1. The third-order valence-corrected chi connectivity index (χ3v) is 8.90. The Morgan fingerprint density at radius 1 is 1.11 bits per heavy atom. The number of rotatable bonds is 5. The van der Waals surface area contributed by atoms with Crippen molar-refractivity contribution in [2.24, 2.45) is 0 Å². The molecule has 1 unspecified atom stereocenters. The van der Waals surface area contributed by atoms with Gasteiger partial charge in [-0.1, -0.05) is 43.3 Å². The molecule has 36 heavy (non-hydrogen) atoms. The predicted octanol–water partition coefficient (Wildman–Crippen LogP) is 5.20. The number of carbonyl (C=O) groups is 1. The first-order valence-corrected chi connectivity index (χ1v) is 14.1. The highest BCUT2D eigenvalue weighted by atomic mass is 32.2. The molecule has 1 aliphatic heterocycles. The molecule has 7 nitrogen and oxygen atoms in total. The molecule has 4 aromatic rings. The van der Waals surface area contributed by atoms with Crippen LogP contribution in [0.1, 0.15) is 52.1 Å². The Bertz CT molecular complexity index is 1590. The van der Waals surface area contributed by atoms with Gasteiger partial charge in [-0.15, -0.1) is 0 Å². The van der Waals surface area contributed by atoms with Crippen molar-refractivity contribution >= 4 is 32.5 Å². The lowest BCUT2D eigenvalue weighted by molar-refractivity contribution is 0.102. The van der Waals surface area contributed by atoms with E-state index in [1.165, 1.54) is 5.56 Å². The monoisotopic (exact) mass is 502 g/mol. The van der Waals surface area contributed by atoms with Gasteiger partial charge in [0.15, 0.2) is 15.5 Å². The second-order valence-corrected chi connectivity index (χ2v) is 11.8. The molecular weight excluding hydrogens is 472 g/mol. The van der Waals surface area contributed by atoms with Crippen molar-refractivity contribution in [3.8, 4) is 11.3 Å². The molecule has 1 aliphatic rings. The topological polar surface area (TPSA) is 94.0 Å². The van der Waals surface area contributed by atoms with E-state index in [1.807, 2.05) is 57.2 Å². The molecule has 1 fully saturated rings. The number of hydrogen-bond donors (Lipinski definition) is 1. The van der Waals surface area contributed by atoms with Crippen LogP contribution in [0.4, 0.5) is 5.69 Å². The van der Waals surface area contributed by atoms with E-state index in [4.69, 9.17) is 10.1 Å². The first kappa shape index (κ1) is 24.2. The van der Waals surface area contributed by atoms with Crippen molar-refractivity contribution in [1.82, 2.24) is 14.8 Å². The lowest BCUT2D eigenvalue weighted by Gasteiger charge is -2.14. The van der Waals surface area contributed by atoms with E-state index in [2.05, 4.69) is 24.4 Å². The first-order chi connectivity index (χ1) is 17.2. The maximum Gasteiger partial charge on any atom is 0.256 e. The summed E-state index contributed by atoms with van der Waals surface area (Å²) in [6.07, 6.45) is 1.41. The van der Waals surface area contributed by atoms with Gasteiger partial charge in [0.1, 0.15) is 0 Å². The standard InChI is InChI=1S/C28H30N4O3S/c1-5-20-9-11-21(12-10-20)25-15-23(28(33)30-24-8-6-7-17(2)18(24)3)26-19(4)31-32(27(26)29-25)22-13-14-36(34,35)16-22/h6-12,15,22H,5,13-14,16H2,1-4H3,(H,30,33). The smallest absolute Gasteiger partial charge is 0.256 e. The molecule has 3 heterocycles. The van der Waals surface area contributed by atoms with Gasteiger partial charge in [0.05, 0.1) is 39.9 Å². The Kier molecular flexibility index (Phi) is 6.16. The number of aromatic nitrogens is 3. The van der Waals surface area contributed by atoms with E-state index < -0.39 is 9.84 Å². The van der Waals surface area contributed by atoms with Gasteiger partial charge in [-0.25, -0.2) is 18.1 Å². The van der Waals surface area contributed by atoms with Crippen LogP contribution in [0.15, 0.2) is 48.5 Å². The van der Waals surface area contributed by atoms with Crippen LogP contribution in [-0.4, -0.2) is 40.6 Å². The summed E-state index contributed by atoms with van der Waals surface area (Å²) in [5.74, 6) is -0.0789. The van der Waals surface area contributed by atoms with E-state index >= 15 is 0 Å². The Morgan fingerprint density at radius 2 is 1.86 bits per heavy atom. The zero-order chi connectivity index (χ0) is 25.6. The second kappa shape index (κ2) is 9.17. The minimum atomic E-state index is -3.12. The maximum absolute atomic E-state index is 13.7. The molecule has 1 saturated heterocycles. The summed E-state index contributed by atoms with van der Waals surface area (Å²) in [6, 6.07) is 15.5. The van der Waals surface area contributed by atoms with Crippen molar-refractivity contribution in [2.75, 3.05) is 16.8 Å². The highest BCUT2D eigenvalue weighted by Crippen LogP contribution is 2.33. The maximum atomic E-state index is 13.7. The molecule has 186 valence electrons. The van der Waals surface area contributed by atoms with Crippen molar-refractivity contribution < 1.29 is 13.2 Å². The minimum absolute atomic E-state index is 0.0321. The quantitative estimate of drug-likeness (QED) is 0.405. The van der Waals surface area contributed by atoms with Crippen molar-refractivity contribution in [2.45, 2.75) is 46.6 Å². The third-order valence-electron chi connectivity index (χ3n) is 7.15. The van der Waals surface area contributed by atoms with Gasteiger partial charge in [-0.05, 0) is 62.4 Å². The van der Waals surface area contributed by atoms with E-state index in [9.17, 15) is 13.2 Å². The van der Waals surface area contributed by atoms with Crippen molar-refractivity contribution in [3.63, 3.8) is 0 Å². The van der Waals surface area contributed by atoms with Crippen LogP contribution in [-0.2, 0) is 16.3 Å². The Hall–Kier alpha value is -3.52. The number of hydrogen-bond acceptors (Lipinski definition) is 5. The molecule has 0 saturated carbocycles. The van der Waals surface area contributed by atoms with Gasteiger partial charge in [0, 0.05) is 11.3 Å². The fourth-order valence-electron chi connectivity index (χ4n) is 4.85. The molecular formula is C28H30N4O3S. The fraction of sp³-hybridized carbons (Fsp3) is 0.321. The number of benzene rings is 2. The molecule has 0 aliphatic carbocycles. The van der Waals surface area contributed by atoms with Crippen LogP contribution in [0.2, 0.25) is 0 Å². The largest absolute Gasteiger partial charge is 0.322 e. The van der Waals surface area contributed by atoms with Crippen molar-refractivity contribution in [1.29, 1.82) is 0 Å². The summed E-state index contributed by atoms with van der Waals surface area (Å²) in [4.78, 5) is 18.6. The fourth-order valence-corrected chi connectivity index (χ4v) is 6.54. The molecule has 1 amide bonds. The number of pyridine rings is 1. The molecule has 1 atom stereocenters. The van der Waals surface area contributed by atoms with Crippen LogP contribution in [0.25, 0.3) is 22.3 Å². The van der Waals surface area contributed by atoms with E-state index in [0.717, 1.165) is 28.8 Å². The van der Waals surface area contributed by atoms with Crippen LogP contribution in [0.5, 0.6) is 0 Å². The van der Waals surface area contributed by atoms with Crippen LogP contribution < -0.4 is 5.32 Å². The lowest BCUT2D eigenvalue weighted by Crippen LogP contribution is -2.15. The summed E-state index contributed by atoms with van der Waals surface area (Å²) in [6.45, 7) is 7.94. The highest BCUT2D eigenvalue weighted by molar-refractivity contribution is 7.91. The minimum Gasteiger partial charge on any atom is -0.322 e. The molecule has 0 radical (unpaired) electrons. The van der Waals surface area contributed by atoms with E-state index in [1.54, 1.807) is 4.68 Å². The summed E-state index contributed by atoms with van der Waals surface area (Å²) < 4.78 is 26.2. The van der Waals surface area contributed by atoms with Gasteiger partial charge >= 0.3 is 0 Å². The second-order valence-electron chi connectivity index (χ2n) is 9.59. The Balaban J connectivity index is 1.68. The molecule has 2 aromatic carbocycles. The average Bonchev–Trinajstić information content (AvgIpc) is 3.40. The number of nitrogens with one attached hydrogen (secondary N) is 1. The number of amides is 1. The average molecular weight is 503 g/mol. The van der Waals surface area contributed by atoms with Gasteiger partial charge in [-0.3, -0.25) is 4.79 Å². The lowest BCUT2D eigenvalue weighted by atomic mass is 10.0. The molecule has 5 rings (SSSR count). The molecule has 0 bridgehead atoms. The Morgan fingerprint density at radius 3 is 2.53 bits per heavy atom. The van der Waals surface area contributed by atoms with Crippen LogP contribution in [0, 0.1) is 20.8 Å². The predicted molar refractivity (Wildman–Crippen MR) is 143 cm³/mol. The van der Waals surface area contributed by atoms with E-state index in [0.29, 0.717) is 34.4 Å². The zero-order valence-electron chi connectivity index (χ0n) is 21.0. The van der Waals surface area contributed by atoms with Gasteiger partial charge in [0.25, 0.3) is 5.91 Å².